The van der Waals surface area contributed by atoms with Crippen molar-refractivity contribution < 1.29 is 13.0 Å². The van der Waals surface area contributed by atoms with Crippen molar-refractivity contribution in [2.24, 2.45) is 11.7 Å². The molecular formula is C18H29NO3S. The highest BCUT2D eigenvalue weighted by atomic mass is 32.2. The first-order valence-electron chi connectivity index (χ1n) is 8.23. The van der Waals surface area contributed by atoms with E-state index >= 15 is 0 Å². The van der Waals surface area contributed by atoms with E-state index in [1.54, 1.807) is 12.1 Å². The van der Waals surface area contributed by atoms with Gasteiger partial charge in [0.2, 0.25) is 0 Å². The van der Waals surface area contributed by atoms with Crippen molar-refractivity contribution in [3.05, 3.63) is 42.0 Å². The first-order valence-corrected chi connectivity index (χ1v) is 9.67. The molecule has 0 aliphatic heterocycles. The van der Waals surface area contributed by atoms with Crippen LogP contribution in [-0.4, -0.2) is 19.0 Å². The van der Waals surface area contributed by atoms with E-state index in [-0.39, 0.29) is 4.90 Å². The Morgan fingerprint density at radius 3 is 2.22 bits per heavy atom. The molecule has 1 fully saturated rings. The topological polar surface area (TPSA) is 80.4 Å². The molecule has 2 rings (SSSR count). The molecule has 5 heteroatoms. The van der Waals surface area contributed by atoms with Crippen LogP contribution in [0.1, 0.15) is 51.0 Å². The molecule has 0 unspecified atom stereocenters. The first-order chi connectivity index (χ1) is 10.8. The molecule has 23 heavy (non-hydrogen) atoms. The highest BCUT2D eigenvalue weighted by Crippen LogP contribution is 2.26. The second-order valence-corrected chi connectivity index (χ2v) is 7.64. The van der Waals surface area contributed by atoms with Crippen molar-refractivity contribution in [3.63, 3.8) is 0 Å². The number of nitrogens with two attached hydrogens (primary N) is 1. The molecule has 0 heterocycles. The normalized spacial score (nSPS) is 21.7. The van der Waals surface area contributed by atoms with Crippen molar-refractivity contribution in [2.45, 2.75) is 63.3 Å². The van der Waals surface area contributed by atoms with Gasteiger partial charge in [-0.2, -0.15) is 8.42 Å². The molecule has 1 aliphatic rings. The van der Waals surface area contributed by atoms with Crippen LogP contribution in [0.25, 0.3) is 0 Å². The van der Waals surface area contributed by atoms with Gasteiger partial charge >= 0.3 is 0 Å². The van der Waals surface area contributed by atoms with Crippen molar-refractivity contribution in [2.75, 3.05) is 0 Å². The van der Waals surface area contributed by atoms with Crippen molar-refractivity contribution in [1.82, 2.24) is 0 Å². The molecule has 1 aromatic carbocycles. The summed E-state index contributed by atoms with van der Waals surface area (Å²) in [6, 6.07) is 6.49. The zero-order valence-electron chi connectivity index (χ0n) is 14.1. The molecule has 0 bridgehead atoms. The molecule has 0 amide bonds. The Hall–Kier alpha value is -1.17. The predicted molar refractivity (Wildman–Crippen MR) is 95.0 cm³/mol. The van der Waals surface area contributed by atoms with Gasteiger partial charge in [0.15, 0.2) is 0 Å². The van der Waals surface area contributed by atoms with E-state index in [4.69, 9.17) is 10.3 Å². The van der Waals surface area contributed by atoms with Crippen LogP contribution < -0.4 is 5.73 Å². The van der Waals surface area contributed by atoms with Crippen molar-refractivity contribution in [3.8, 4) is 0 Å². The van der Waals surface area contributed by atoms with E-state index < -0.39 is 10.1 Å². The molecule has 1 saturated carbocycles. The fourth-order valence-electron chi connectivity index (χ4n) is 2.69. The van der Waals surface area contributed by atoms with Crippen LogP contribution >= 0.6 is 0 Å². The lowest BCUT2D eigenvalue weighted by Gasteiger charge is -2.25. The Morgan fingerprint density at radius 2 is 1.74 bits per heavy atom. The summed E-state index contributed by atoms with van der Waals surface area (Å²) in [7, 11) is -4.02. The fourth-order valence-corrected chi connectivity index (χ4v) is 3.17. The van der Waals surface area contributed by atoms with Gasteiger partial charge in [-0.3, -0.25) is 4.55 Å². The lowest BCUT2D eigenvalue weighted by atomic mass is 9.84. The largest absolute Gasteiger partial charge is 0.328 e. The SMILES string of the molecule is C/C=C\CC[C@H]1CC[C@H](N)CC1.Cc1ccc(S(=O)(=O)O)cc1. The third-order valence-electron chi connectivity index (χ3n) is 4.19. The van der Waals surface area contributed by atoms with Gasteiger partial charge in [0.05, 0.1) is 4.90 Å². The second-order valence-electron chi connectivity index (χ2n) is 6.22. The van der Waals surface area contributed by atoms with E-state index in [9.17, 15) is 8.42 Å². The third-order valence-corrected chi connectivity index (χ3v) is 5.06. The van der Waals surface area contributed by atoms with E-state index in [1.165, 1.54) is 50.7 Å². The van der Waals surface area contributed by atoms with Crippen LogP contribution in [0, 0.1) is 12.8 Å². The zero-order valence-corrected chi connectivity index (χ0v) is 14.9. The minimum Gasteiger partial charge on any atom is -0.328 e. The summed E-state index contributed by atoms with van der Waals surface area (Å²) in [5.41, 5.74) is 6.79. The van der Waals surface area contributed by atoms with Crippen LogP contribution in [0.2, 0.25) is 0 Å². The van der Waals surface area contributed by atoms with Crippen molar-refractivity contribution in [1.29, 1.82) is 0 Å². The van der Waals surface area contributed by atoms with Crippen LogP contribution in [0.5, 0.6) is 0 Å². The number of aryl methyl sites for hydroxylation is 1. The number of rotatable bonds is 4. The molecule has 0 atom stereocenters. The molecule has 0 aromatic heterocycles. The van der Waals surface area contributed by atoms with Gasteiger partial charge in [0, 0.05) is 6.04 Å². The van der Waals surface area contributed by atoms with Gasteiger partial charge in [-0.25, -0.2) is 0 Å². The van der Waals surface area contributed by atoms with E-state index in [0.29, 0.717) is 6.04 Å². The van der Waals surface area contributed by atoms with E-state index in [2.05, 4.69) is 19.1 Å². The molecule has 1 aliphatic carbocycles. The predicted octanol–water partition coefficient (Wildman–Crippen LogP) is 4.10. The van der Waals surface area contributed by atoms with Gasteiger partial charge in [-0.05, 0) is 70.4 Å². The van der Waals surface area contributed by atoms with E-state index in [1.807, 2.05) is 6.92 Å². The maximum atomic E-state index is 10.5. The van der Waals surface area contributed by atoms with Crippen molar-refractivity contribution >= 4 is 10.1 Å². The summed E-state index contributed by atoms with van der Waals surface area (Å²) >= 11 is 0. The van der Waals surface area contributed by atoms with Gasteiger partial charge in [0.1, 0.15) is 0 Å². The Balaban J connectivity index is 0.000000231. The minimum absolute atomic E-state index is 0.0666. The van der Waals surface area contributed by atoms with Gasteiger partial charge in [-0.15, -0.1) is 0 Å². The number of hydrogen-bond acceptors (Lipinski definition) is 3. The van der Waals surface area contributed by atoms with Gasteiger partial charge in [-0.1, -0.05) is 29.8 Å². The monoisotopic (exact) mass is 339 g/mol. The Bertz CT molecular complexity index is 571. The standard InChI is InChI=1S/C11H21N.C7H8O3S/c1-2-3-4-5-10-6-8-11(12)9-7-10;1-6-2-4-7(5-3-6)11(8,9)10/h2-3,10-11H,4-9,12H2,1H3;2-5H,1H3,(H,8,9,10)/b3-2-;/t10-,11-;. The maximum absolute atomic E-state index is 10.5. The number of hydrogen-bond donors (Lipinski definition) is 2. The highest BCUT2D eigenvalue weighted by Gasteiger charge is 2.17. The minimum atomic E-state index is -4.02. The molecule has 0 radical (unpaired) electrons. The molecule has 0 spiro atoms. The molecule has 3 N–H and O–H groups in total. The first kappa shape index (κ1) is 19.9. The highest BCUT2D eigenvalue weighted by molar-refractivity contribution is 7.85. The van der Waals surface area contributed by atoms with E-state index in [0.717, 1.165) is 11.5 Å². The average Bonchev–Trinajstić information content (AvgIpc) is 2.50. The van der Waals surface area contributed by atoms with Crippen LogP contribution in [0.3, 0.4) is 0 Å². The van der Waals surface area contributed by atoms with Gasteiger partial charge in [0.25, 0.3) is 10.1 Å². The number of benzene rings is 1. The van der Waals surface area contributed by atoms with Crippen LogP contribution in [0.15, 0.2) is 41.3 Å². The Labute approximate surface area is 140 Å². The van der Waals surface area contributed by atoms with Crippen LogP contribution in [0.4, 0.5) is 0 Å². The fraction of sp³-hybridized carbons (Fsp3) is 0.556. The maximum Gasteiger partial charge on any atom is 0.294 e. The lowest BCUT2D eigenvalue weighted by molar-refractivity contribution is 0.312. The molecule has 4 nitrogen and oxygen atoms in total. The average molecular weight is 340 g/mol. The summed E-state index contributed by atoms with van der Waals surface area (Å²) in [6.45, 7) is 3.94. The molecule has 1 aromatic rings. The molecular weight excluding hydrogens is 310 g/mol. The zero-order chi connectivity index (χ0) is 17.3. The summed E-state index contributed by atoms with van der Waals surface area (Å²) in [4.78, 5) is -0.0666. The van der Waals surface area contributed by atoms with Gasteiger partial charge < -0.3 is 5.73 Å². The third kappa shape index (κ3) is 8.30. The molecule has 130 valence electrons. The molecule has 0 saturated heterocycles. The quantitative estimate of drug-likeness (QED) is 0.639. The summed E-state index contributed by atoms with van der Waals surface area (Å²) < 4.78 is 29.6. The number of allylic oxidation sites excluding steroid dienone is 2. The lowest BCUT2D eigenvalue weighted by Crippen LogP contribution is -2.26. The summed E-state index contributed by atoms with van der Waals surface area (Å²) in [5, 5.41) is 0. The smallest absolute Gasteiger partial charge is 0.294 e. The second kappa shape index (κ2) is 9.85. The summed E-state index contributed by atoms with van der Waals surface area (Å²) in [6.07, 6.45) is 12.3. The summed E-state index contributed by atoms with van der Waals surface area (Å²) in [5.74, 6) is 0.959. The van der Waals surface area contributed by atoms with Crippen LogP contribution in [-0.2, 0) is 10.1 Å². The Morgan fingerprint density at radius 1 is 1.17 bits per heavy atom. The Kier molecular flexibility index (Phi) is 8.52.